The molecular formula is C27H26N2O6S2. The molecule has 1 amide bonds. The maximum atomic E-state index is 13.5. The van der Waals surface area contributed by atoms with Gasteiger partial charge in [0.05, 0.1) is 28.8 Å². The van der Waals surface area contributed by atoms with E-state index in [0.717, 1.165) is 24.2 Å². The minimum absolute atomic E-state index is 0.0312. The van der Waals surface area contributed by atoms with Gasteiger partial charge in [-0.2, -0.15) is 0 Å². The summed E-state index contributed by atoms with van der Waals surface area (Å²) in [6, 6.07) is 9.48. The van der Waals surface area contributed by atoms with Crippen LogP contribution in [0.15, 0.2) is 65.8 Å². The van der Waals surface area contributed by atoms with Gasteiger partial charge in [0.15, 0.2) is 10.9 Å². The lowest BCUT2D eigenvalue weighted by Gasteiger charge is -2.24. The predicted molar refractivity (Wildman–Crippen MR) is 143 cm³/mol. The Morgan fingerprint density at radius 1 is 1.27 bits per heavy atom. The molecule has 0 aliphatic carbocycles. The van der Waals surface area contributed by atoms with Crippen LogP contribution >= 0.6 is 22.7 Å². The topological polar surface area (TPSA) is 106 Å². The summed E-state index contributed by atoms with van der Waals surface area (Å²) in [7, 11) is 0. The van der Waals surface area contributed by atoms with Gasteiger partial charge in [0.25, 0.3) is 5.91 Å². The van der Waals surface area contributed by atoms with Crippen LogP contribution in [0.2, 0.25) is 0 Å². The summed E-state index contributed by atoms with van der Waals surface area (Å²) in [5, 5.41) is 12.9. The standard InChI is InChI=1S/C27H26N2O6S2/c1-4-6-13-34-18-10-7-9-17(15-18)21-20(22(30)19-11-8-14-36-19)23(31)25(32)29(21)27-28-16(3)24(37-27)26(33)35-12-5-2/h5,7-11,14-15,21,31H,2,4,6,12-13H2,1,3H3. The third-order valence-electron chi connectivity index (χ3n) is 5.65. The van der Waals surface area contributed by atoms with Gasteiger partial charge in [0.1, 0.15) is 17.2 Å². The monoisotopic (exact) mass is 538 g/mol. The fourth-order valence-corrected chi connectivity index (χ4v) is 5.54. The van der Waals surface area contributed by atoms with Gasteiger partial charge in [-0.15, -0.1) is 11.3 Å². The number of rotatable bonds is 11. The number of aliphatic hydroxyl groups excluding tert-OH is 1. The molecule has 3 aromatic rings. The molecule has 0 radical (unpaired) electrons. The van der Waals surface area contributed by atoms with Gasteiger partial charge in [-0.3, -0.25) is 14.5 Å². The highest BCUT2D eigenvalue weighted by molar-refractivity contribution is 7.17. The molecule has 0 saturated heterocycles. The number of ether oxygens (including phenoxy) is 2. The molecule has 1 N–H and O–H groups in total. The smallest absolute Gasteiger partial charge is 0.350 e. The second-order valence-corrected chi connectivity index (χ2v) is 10.1. The molecule has 1 aliphatic heterocycles. The van der Waals surface area contributed by atoms with Gasteiger partial charge >= 0.3 is 5.97 Å². The highest BCUT2D eigenvalue weighted by Crippen LogP contribution is 2.44. The van der Waals surface area contributed by atoms with Gasteiger partial charge < -0.3 is 14.6 Å². The summed E-state index contributed by atoms with van der Waals surface area (Å²) >= 11 is 2.18. The Kier molecular flexibility index (Phi) is 8.20. The first-order valence-electron chi connectivity index (χ1n) is 11.7. The molecule has 0 saturated carbocycles. The van der Waals surface area contributed by atoms with Gasteiger partial charge in [0, 0.05) is 0 Å². The Balaban J connectivity index is 1.79. The molecule has 0 spiro atoms. The third kappa shape index (κ3) is 5.35. The minimum Gasteiger partial charge on any atom is -0.503 e. The van der Waals surface area contributed by atoms with Gasteiger partial charge in [-0.05, 0) is 42.5 Å². The minimum atomic E-state index is -0.973. The van der Waals surface area contributed by atoms with Crippen LogP contribution in [-0.4, -0.2) is 41.0 Å². The molecular weight excluding hydrogens is 512 g/mol. The van der Waals surface area contributed by atoms with E-state index < -0.39 is 29.5 Å². The number of benzene rings is 1. The maximum Gasteiger partial charge on any atom is 0.350 e. The van der Waals surface area contributed by atoms with Crippen molar-refractivity contribution in [3.8, 4) is 5.75 Å². The largest absolute Gasteiger partial charge is 0.503 e. The van der Waals surface area contributed by atoms with E-state index in [1.54, 1.807) is 48.7 Å². The first-order valence-corrected chi connectivity index (χ1v) is 13.4. The lowest BCUT2D eigenvalue weighted by Crippen LogP contribution is -2.31. The lowest BCUT2D eigenvalue weighted by atomic mass is 9.95. The van der Waals surface area contributed by atoms with E-state index in [0.29, 0.717) is 28.5 Å². The van der Waals surface area contributed by atoms with Crippen molar-refractivity contribution >= 4 is 45.5 Å². The lowest BCUT2D eigenvalue weighted by molar-refractivity contribution is -0.117. The quantitative estimate of drug-likeness (QED) is 0.142. The van der Waals surface area contributed by atoms with Gasteiger partial charge in [-0.1, -0.05) is 55.5 Å². The Bertz CT molecular complexity index is 1360. The average molecular weight is 539 g/mol. The van der Waals surface area contributed by atoms with E-state index in [2.05, 4.69) is 18.5 Å². The number of carbonyl (C=O) groups is 3. The van der Waals surface area contributed by atoms with E-state index in [4.69, 9.17) is 9.47 Å². The average Bonchev–Trinajstić information content (AvgIpc) is 3.62. The molecule has 2 aromatic heterocycles. The number of anilines is 1. The molecule has 1 atom stereocenters. The Hall–Kier alpha value is -3.76. The van der Waals surface area contributed by atoms with E-state index in [9.17, 15) is 19.5 Å². The van der Waals surface area contributed by atoms with Crippen molar-refractivity contribution in [3.05, 3.63) is 86.8 Å². The Morgan fingerprint density at radius 3 is 2.78 bits per heavy atom. The number of thiazole rings is 1. The van der Waals surface area contributed by atoms with Crippen LogP contribution in [0.1, 0.15) is 56.4 Å². The molecule has 1 aromatic carbocycles. The van der Waals surface area contributed by atoms with Crippen LogP contribution in [0.3, 0.4) is 0 Å². The van der Waals surface area contributed by atoms with Crippen LogP contribution in [0.5, 0.6) is 5.75 Å². The fourth-order valence-electron chi connectivity index (χ4n) is 3.87. The number of nitrogens with zero attached hydrogens (tertiary/aromatic N) is 2. The number of aliphatic hydroxyl groups is 1. The zero-order chi connectivity index (χ0) is 26.5. The first kappa shape index (κ1) is 26.3. The van der Waals surface area contributed by atoms with Gasteiger partial charge in [-0.25, -0.2) is 9.78 Å². The third-order valence-corrected chi connectivity index (χ3v) is 7.65. The number of carbonyl (C=O) groups excluding carboxylic acids is 3. The molecule has 8 nitrogen and oxygen atoms in total. The summed E-state index contributed by atoms with van der Waals surface area (Å²) in [5.74, 6) is -1.89. The fraction of sp³-hybridized carbons (Fsp3) is 0.259. The van der Waals surface area contributed by atoms with E-state index in [-0.39, 0.29) is 22.2 Å². The second-order valence-electron chi connectivity index (χ2n) is 8.22. The maximum absolute atomic E-state index is 13.5. The van der Waals surface area contributed by atoms with Crippen LogP contribution < -0.4 is 9.64 Å². The van der Waals surface area contributed by atoms with Crippen LogP contribution in [0, 0.1) is 6.92 Å². The van der Waals surface area contributed by atoms with Gasteiger partial charge in [0.2, 0.25) is 5.78 Å². The number of ketones is 1. The molecule has 1 unspecified atom stereocenters. The number of aromatic nitrogens is 1. The SMILES string of the molecule is C=CCOC(=O)c1sc(N2C(=O)C(O)=C(C(=O)c3cccs3)C2c2cccc(OCCCC)c2)nc1C. The van der Waals surface area contributed by atoms with Crippen molar-refractivity contribution in [2.24, 2.45) is 0 Å². The Labute approximate surface area is 222 Å². The molecule has 192 valence electrons. The predicted octanol–water partition coefficient (Wildman–Crippen LogP) is 5.82. The van der Waals surface area contributed by atoms with Crippen molar-refractivity contribution in [2.45, 2.75) is 32.7 Å². The molecule has 3 heterocycles. The zero-order valence-corrected chi connectivity index (χ0v) is 22.1. The van der Waals surface area contributed by atoms with Crippen molar-refractivity contribution < 1.29 is 29.0 Å². The van der Waals surface area contributed by atoms with Crippen molar-refractivity contribution in [3.63, 3.8) is 0 Å². The van der Waals surface area contributed by atoms with Crippen molar-refractivity contribution in [2.75, 3.05) is 18.1 Å². The number of thiophene rings is 1. The second kappa shape index (κ2) is 11.5. The van der Waals surface area contributed by atoms with Crippen molar-refractivity contribution in [1.82, 2.24) is 4.98 Å². The highest BCUT2D eigenvalue weighted by atomic mass is 32.1. The molecule has 4 rings (SSSR count). The first-order chi connectivity index (χ1) is 17.9. The number of hydrogen-bond acceptors (Lipinski definition) is 9. The Morgan fingerprint density at radius 2 is 2.08 bits per heavy atom. The highest BCUT2D eigenvalue weighted by Gasteiger charge is 2.46. The number of esters is 1. The number of Topliss-reactive ketones (excluding diaryl/α,β-unsaturated/α-hetero) is 1. The van der Waals surface area contributed by atoms with E-state index in [1.807, 2.05) is 0 Å². The molecule has 0 fully saturated rings. The summed E-state index contributed by atoms with van der Waals surface area (Å²) in [6.07, 6.45) is 3.31. The van der Waals surface area contributed by atoms with Crippen LogP contribution in [0.25, 0.3) is 0 Å². The van der Waals surface area contributed by atoms with Crippen LogP contribution in [0.4, 0.5) is 5.13 Å². The normalized spacial score (nSPS) is 15.2. The van der Waals surface area contributed by atoms with E-state index in [1.165, 1.54) is 22.3 Å². The molecule has 1 aliphatic rings. The van der Waals surface area contributed by atoms with Crippen LogP contribution in [-0.2, 0) is 9.53 Å². The number of hydrogen-bond donors (Lipinski definition) is 1. The molecule has 0 bridgehead atoms. The number of aryl methyl sites for hydroxylation is 1. The van der Waals surface area contributed by atoms with Crippen molar-refractivity contribution in [1.29, 1.82) is 0 Å². The summed E-state index contributed by atoms with van der Waals surface area (Å²) in [5.41, 5.74) is 0.881. The summed E-state index contributed by atoms with van der Waals surface area (Å²) in [6.45, 7) is 7.79. The zero-order valence-electron chi connectivity index (χ0n) is 20.4. The number of unbranched alkanes of at least 4 members (excludes halogenated alkanes) is 1. The summed E-state index contributed by atoms with van der Waals surface area (Å²) in [4.78, 5) is 45.7. The van der Waals surface area contributed by atoms with E-state index >= 15 is 0 Å². The molecule has 10 heteroatoms. The molecule has 37 heavy (non-hydrogen) atoms. The number of amides is 1. The summed E-state index contributed by atoms with van der Waals surface area (Å²) < 4.78 is 11.0.